The van der Waals surface area contributed by atoms with Crippen LogP contribution in [-0.2, 0) is 4.74 Å². The lowest BCUT2D eigenvalue weighted by molar-refractivity contribution is 0.0255. The Labute approximate surface area is 102 Å². The van der Waals surface area contributed by atoms with Crippen molar-refractivity contribution in [3.63, 3.8) is 0 Å². The molecular formula is C11H12BrN3O. The second-order valence-corrected chi connectivity index (χ2v) is 4.79. The van der Waals surface area contributed by atoms with Gasteiger partial charge in [0, 0.05) is 29.5 Å². The third-order valence-electron chi connectivity index (χ3n) is 2.73. The van der Waals surface area contributed by atoms with Gasteiger partial charge in [0.05, 0.1) is 17.6 Å². The average Bonchev–Trinajstić information content (AvgIpc) is 2.73. The van der Waals surface area contributed by atoms with Gasteiger partial charge in [0.1, 0.15) is 6.10 Å². The Morgan fingerprint density at radius 3 is 3.19 bits per heavy atom. The van der Waals surface area contributed by atoms with Crippen molar-refractivity contribution in [2.45, 2.75) is 6.10 Å². The molecule has 3 heterocycles. The molecule has 3 rings (SSSR count). The smallest absolute Gasteiger partial charge is 0.110 e. The third kappa shape index (κ3) is 1.86. The van der Waals surface area contributed by atoms with Crippen LogP contribution < -0.4 is 5.32 Å². The molecule has 0 spiro atoms. The molecule has 0 aromatic carbocycles. The first kappa shape index (κ1) is 10.3. The standard InChI is InChI=1S/C11H12BrN3O/c12-7-3-9-8(14-5-7)4-10(15-9)11-6-13-1-2-16-11/h3-5,11,13,15H,1-2,6H2. The molecule has 0 bridgehead atoms. The molecule has 2 aromatic heterocycles. The number of H-pyrrole nitrogens is 1. The normalized spacial score (nSPS) is 21.4. The van der Waals surface area contributed by atoms with Crippen LogP contribution in [0.1, 0.15) is 11.8 Å². The van der Waals surface area contributed by atoms with Gasteiger partial charge in [0.15, 0.2) is 0 Å². The Morgan fingerprint density at radius 1 is 1.44 bits per heavy atom. The van der Waals surface area contributed by atoms with Crippen LogP contribution >= 0.6 is 15.9 Å². The highest BCUT2D eigenvalue weighted by Gasteiger charge is 2.17. The van der Waals surface area contributed by atoms with Crippen LogP contribution in [0.2, 0.25) is 0 Å². The molecular weight excluding hydrogens is 270 g/mol. The van der Waals surface area contributed by atoms with Gasteiger partial charge in [0.25, 0.3) is 0 Å². The second-order valence-electron chi connectivity index (χ2n) is 3.87. The lowest BCUT2D eigenvalue weighted by Gasteiger charge is -2.22. The fourth-order valence-corrected chi connectivity index (χ4v) is 2.27. The van der Waals surface area contributed by atoms with Crippen molar-refractivity contribution in [2.75, 3.05) is 19.7 Å². The van der Waals surface area contributed by atoms with Crippen molar-refractivity contribution >= 4 is 27.0 Å². The summed E-state index contributed by atoms with van der Waals surface area (Å²) in [6.45, 7) is 2.55. The molecule has 0 amide bonds. The monoisotopic (exact) mass is 281 g/mol. The first-order chi connectivity index (χ1) is 7.83. The van der Waals surface area contributed by atoms with Gasteiger partial charge < -0.3 is 15.0 Å². The molecule has 0 saturated carbocycles. The van der Waals surface area contributed by atoms with E-state index in [0.717, 1.165) is 40.9 Å². The Kier molecular flexibility index (Phi) is 2.67. The Balaban J connectivity index is 1.97. The largest absolute Gasteiger partial charge is 0.369 e. The van der Waals surface area contributed by atoms with Crippen molar-refractivity contribution in [3.05, 3.63) is 28.5 Å². The summed E-state index contributed by atoms with van der Waals surface area (Å²) < 4.78 is 6.67. The molecule has 1 saturated heterocycles. The molecule has 1 aliphatic heterocycles. The molecule has 0 radical (unpaired) electrons. The van der Waals surface area contributed by atoms with E-state index in [1.54, 1.807) is 6.20 Å². The lowest BCUT2D eigenvalue weighted by Crippen LogP contribution is -2.33. The molecule has 1 atom stereocenters. The van der Waals surface area contributed by atoms with E-state index in [1.165, 1.54) is 0 Å². The van der Waals surface area contributed by atoms with E-state index in [9.17, 15) is 0 Å². The van der Waals surface area contributed by atoms with E-state index >= 15 is 0 Å². The maximum Gasteiger partial charge on any atom is 0.110 e. The highest BCUT2D eigenvalue weighted by atomic mass is 79.9. The van der Waals surface area contributed by atoms with Gasteiger partial charge in [-0.2, -0.15) is 0 Å². The maximum atomic E-state index is 5.69. The van der Waals surface area contributed by atoms with Gasteiger partial charge in [-0.15, -0.1) is 0 Å². The topological polar surface area (TPSA) is 49.9 Å². The number of halogens is 1. The minimum absolute atomic E-state index is 0.113. The van der Waals surface area contributed by atoms with Gasteiger partial charge in [-0.25, -0.2) is 0 Å². The molecule has 0 aliphatic carbocycles. The van der Waals surface area contributed by atoms with Gasteiger partial charge in [-0.3, -0.25) is 4.98 Å². The van der Waals surface area contributed by atoms with E-state index in [2.05, 4.69) is 37.3 Å². The number of fused-ring (bicyclic) bond motifs is 1. The average molecular weight is 282 g/mol. The SMILES string of the molecule is Brc1cnc2cc(C3CNCCO3)[nH]c2c1. The lowest BCUT2D eigenvalue weighted by atomic mass is 10.2. The number of nitrogens with one attached hydrogen (secondary N) is 2. The summed E-state index contributed by atoms with van der Waals surface area (Å²) in [5, 5.41) is 3.31. The van der Waals surface area contributed by atoms with Crippen LogP contribution in [-0.4, -0.2) is 29.7 Å². The predicted molar refractivity (Wildman–Crippen MR) is 65.4 cm³/mol. The minimum atomic E-state index is 0.113. The van der Waals surface area contributed by atoms with Crippen LogP contribution in [0.4, 0.5) is 0 Å². The quantitative estimate of drug-likeness (QED) is 0.841. The van der Waals surface area contributed by atoms with Crippen LogP contribution in [0.15, 0.2) is 22.8 Å². The van der Waals surface area contributed by atoms with Gasteiger partial charge in [-0.05, 0) is 28.1 Å². The number of hydrogen-bond acceptors (Lipinski definition) is 3. The molecule has 1 unspecified atom stereocenters. The second kappa shape index (κ2) is 4.16. The summed E-state index contributed by atoms with van der Waals surface area (Å²) >= 11 is 3.41. The first-order valence-corrected chi connectivity index (χ1v) is 6.09. The summed E-state index contributed by atoms with van der Waals surface area (Å²) in [4.78, 5) is 7.69. The number of hydrogen-bond donors (Lipinski definition) is 2. The van der Waals surface area contributed by atoms with Crippen LogP contribution in [0.25, 0.3) is 11.0 Å². The summed E-state index contributed by atoms with van der Waals surface area (Å²) in [5.74, 6) is 0. The van der Waals surface area contributed by atoms with Crippen molar-refractivity contribution in [3.8, 4) is 0 Å². The fourth-order valence-electron chi connectivity index (χ4n) is 1.94. The Hall–Kier alpha value is -0.910. The molecule has 84 valence electrons. The van der Waals surface area contributed by atoms with Gasteiger partial charge in [0.2, 0.25) is 0 Å². The first-order valence-electron chi connectivity index (χ1n) is 5.29. The number of morpholine rings is 1. The van der Waals surface area contributed by atoms with Gasteiger partial charge in [-0.1, -0.05) is 0 Å². The zero-order chi connectivity index (χ0) is 11.0. The van der Waals surface area contributed by atoms with Crippen LogP contribution in [0.3, 0.4) is 0 Å². The molecule has 16 heavy (non-hydrogen) atoms. The Bertz CT molecular complexity index is 505. The summed E-state index contributed by atoms with van der Waals surface area (Å²) in [6.07, 6.45) is 1.92. The highest BCUT2D eigenvalue weighted by molar-refractivity contribution is 9.10. The number of nitrogens with zero attached hydrogens (tertiary/aromatic N) is 1. The summed E-state index contributed by atoms with van der Waals surface area (Å²) in [7, 11) is 0. The number of aromatic nitrogens is 2. The van der Waals surface area contributed by atoms with E-state index in [1.807, 2.05) is 6.07 Å². The molecule has 5 heteroatoms. The van der Waals surface area contributed by atoms with Gasteiger partial charge >= 0.3 is 0 Å². The third-order valence-corrected chi connectivity index (χ3v) is 3.16. The summed E-state index contributed by atoms with van der Waals surface area (Å²) in [5.41, 5.74) is 3.11. The molecule has 1 aliphatic rings. The van der Waals surface area contributed by atoms with Crippen molar-refractivity contribution in [2.24, 2.45) is 0 Å². The molecule has 2 aromatic rings. The van der Waals surface area contributed by atoms with Crippen molar-refractivity contribution < 1.29 is 4.74 Å². The fraction of sp³-hybridized carbons (Fsp3) is 0.364. The molecule has 1 fully saturated rings. The minimum Gasteiger partial charge on any atom is -0.369 e. The summed E-state index contributed by atoms with van der Waals surface area (Å²) in [6, 6.07) is 4.08. The number of pyridine rings is 1. The molecule has 4 nitrogen and oxygen atoms in total. The maximum absolute atomic E-state index is 5.69. The van der Waals surface area contributed by atoms with Crippen LogP contribution in [0.5, 0.6) is 0 Å². The van der Waals surface area contributed by atoms with E-state index < -0.39 is 0 Å². The number of ether oxygens (including phenoxy) is 1. The van der Waals surface area contributed by atoms with E-state index in [-0.39, 0.29) is 6.10 Å². The number of rotatable bonds is 1. The zero-order valence-electron chi connectivity index (χ0n) is 8.66. The highest BCUT2D eigenvalue weighted by Crippen LogP contribution is 2.23. The predicted octanol–water partition coefficient (Wildman–Crippen LogP) is 1.99. The van der Waals surface area contributed by atoms with E-state index in [4.69, 9.17) is 4.74 Å². The zero-order valence-corrected chi connectivity index (χ0v) is 10.3. The van der Waals surface area contributed by atoms with E-state index in [0.29, 0.717) is 0 Å². The van der Waals surface area contributed by atoms with Crippen molar-refractivity contribution in [1.82, 2.24) is 15.3 Å². The molecule has 2 N–H and O–H groups in total. The Morgan fingerprint density at radius 2 is 2.38 bits per heavy atom. The number of aromatic amines is 1. The van der Waals surface area contributed by atoms with Crippen molar-refractivity contribution in [1.29, 1.82) is 0 Å². The van der Waals surface area contributed by atoms with Crippen LogP contribution in [0, 0.1) is 0 Å².